The molecule has 7 nitrogen and oxygen atoms in total. The average molecular weight is 563 g/mol. The predicted molar refractivity (Wildman–Crippen MR) is 174 cm³/mol. The van der Waals surface area contributed by atoms with Gasteiger partial charge in [0.05, 0.1) is 13.2 Å². The first kappa shape index (κ1) is 32.2. The Kier molecular flexibility index (Phi) is 13.8. The highest BCUT2D eigenvalue weighted by molar-refractivity contribution is 6.06. The molecule has 4 aromatic rings. The molecule has 1 saturated heterocycles. The molecule has 0 radical (unpaired) electrons. The topological polar surface area (TPSA) is 63.0 Å². The number of benzene rings is 2. The van der Waals surface area contributed by atoms with E-state index >= 15 is 0 Å². The Hall–Kier alpha value is -3.29. The van der Waals surface area contributed by atoms with Crippen LogP contribution in [0, 0.1) is 0 Å². The van der Waals surface area contributed by atoms with Crippen molar-refractivity contribution in [1.82, 2.24) is 9.88 Å². The highest BCUT2D eigenvalue weighted by Crippen LogP contribution is 2.32. The van der Waals surface area contributed by atoms with Crippen LogP contribution in [0.4, 0.5) is 17.3 Å². The second-order valence-electron chi connectivity index (χ2n) is 9.98. The van der Waals surface area contributed by atoms with Gasteiger partial charge in [0, 0.05) is 61.3 Å². The number of ether oxygens (including phenoxy) is 2. The monoisotopic (exact) mass is 562 g/mol. The van der Waals surface area contributed by atoms with Crippen LogP contribution in [0.2, 0.25) is 0 Å². The lowest BCUT2D eigenvalue weighted by Crippen LogP contribution is -2.38. The molecule has 0 saturated carbocycles. The molecule has 2 aromatic heterocycles. The van der Waals surface area contributed by atoms with Crippen molar-refractivity contribution >= 4 is 39.3 Å². The Morgan fingerprint density at radius 2 is 1.56 bits per heavy atom. The molecule has 5 rings (SSSR count). The molecule has 224 valence electrons. The van der Waals surface area contributed by atoms with Gasteiger partial charge in [-0.1, -0.05) is 66.2 Å². The van der Waals surface area contributed by atoms with Crippen LogP contribution in [0.5, 0.6) is 5.75 Å². The van der Waals surface area contributed by atoms with E-state index in [1.54, 1.807) is 0 Å². The quantitative estimate of drug-likeness (QED) is 0.197. The normalized spacial score (nSPS) is 13.2. The molecular weight excluding hydrogens is 512 g/mol. The number of nitrogens with zero attached hydrogens (tertiary/aromatic N) is 3. The molecule has 1 N–H and O–H groups in total. The standard InChI is InChI=1S/C29H36N4O3.C3H8.C2H6/c1-3-11-33(12-4-2)29-21-23(35-18-15-32-13-16-34-17-14-32)20-28(31-29)30-22-9-10-27-25(19-22)24-7-5-6-8-26(24)36-27;1-3-2;1-2/h5-10,19-21H,3-4,11-18H2,1-2H3,(H,30,31);3H2,1-2H3;1-2H3. The molecule has 41 heavy (non-hydrogen) atoms. The van der Waals surface area contributed by atoms with E-state index in [0.717, 1.165) is 104 Å². The van der Waals surface area contributed by atoms with Crippen LogP contribution in [0.25, 0.3) is 21.9 Å². The van der Waals surface area contributed by atoms with E-state index in [1.807, 2.05) is 50.2 Å². The van der Waals surface area contributed by atoms with Gasteiger partial charge in [-0.05, 0) is 37.1 Å². The molecule has 2 aromatic carbocycles. The van der Waals surface area contributed by atoms with Crippen LogP contribution in [-0.2, 0) is 4.74 Å². The molecule has 0 unspecified atom stereocenters. The van der Waals surface area contributed by atoms with Gasteiger partial charge in [0.1, 0.15) is 35.2 Å². The van der Waals surface area contributed by atoms with Crippen molar-refractivity contribution < 1.29 is 13.9 Å². The maximum absolute atomic E-state index is 6.25. The molecular formula is C34H50N4O3. The Morgan fingerprint density at radius 3 is 2.27 bits per heavy atom. The van der Waals surface area contributed by atoms with Gasteiger partial charge in [0.15, 0.2) is 0 Å². The van der Waals surface area contributed by atoms with Gasteiger partial charge < -0.3 is 24.1 Å². The van der Waals surface area contributed by atoms with Gasteiger partial charge in [0.2, 0.25) is 0 Å². The molecule has 7 heteroatoms. The van der Waals surface area contributed by atoms with Gasteiger partial charge in [0.25, 0.3) is 0 Å². The largest absolute Gasteiger partial charge is 0.492 e. The van der Waals surface area contributed by atoms with E-state index in [4.69, 9.17) is 18.9 Å². The molecule has 0 atom stereocenters. The maximum Gasteiger partial charge on any atom is 0.136 e. The lowest BCUT2D eigenvalue weighted by molar-refractivity contribution is 0.0322. The summed E-state index contributed by atoms with van der Waals surface area (Å²) in [7, 11) is 0. The van der Waals surface area contributed by atoms with Crippen LogP contribution in [0.15, 0.2) is 59.0 Å². The third-order valence-electron chi connectivity index (χ3n) is 6.53. The fraction of sp³-hybridized carbons (Fsp3) is 0.500. The Balaban J connectivity index is 0.000000868. The Morgan fingerprint density at radius 1 is 0.878 bits per heavy atom. The van der Waals surface area contributed by atoms with E-state index in [1.165, 1.54) is 6.42 Å². The first-order valence-corrected chi connectivity index (χ1v) is 15.5. The summed E-state index contributed by atoms with van der Waals surface area (Å²) in [6, 6.07) is 18.4. The lowest BCUT2D eigenvalue weighted by atomic mass is 10.1. The van der Waals surface area contributed by atoms with Crippen LogP contribution in [-0.4, -0.2) is 62.4 Å². The third-order valence-corrected chi connectivity index (χ3v) is 6.53. The summed E-state index contributed by atoms with van der Waals surface area (Å²) in [5.41, 5.74) is 2.75. The number of furan rings is 1. The number of fused-ring (bicyclic) bond motifs is 3. The SMILES string of the molecule is CC.CCC.CCCN(CCC)c1cc(OCCN2CCOCC2)cc(Nc2ccc3oc4ccccc4c3c2)n1. The summed E-state index contributed by atoms with van der Waals surface area (Å²) in [5.74, 6) is 2.56. The highest BCUT2D eigenvalue weighted by atomic mass is 16.5. The van der Waals surface area contributed by atoms with Crippen molar-refractivity contribution in [2.75, 3.05) is 62.8 Å². The molecule has 1 aliphatic heterocycles. The van der Waals surface area contributed by atoms with Gasteiger partial charge in [-0.2, -0.15) is 0 Å². The second kappa shape index (κ2) is 17.5. The number of hydrogen-bond donors (Lipinski definition) is 1. The number of aromatic nitrogens is 1. The number of morpholine rings is 1. The second-order valence-corrected chi connectivity index (χ2v) is 9.98. The number of anilines is 3. The number of hydrogen-bond acceptors (Lipinski definition) is 7. The van der Waals surface area contributed by atoms with Crippen LogP contribution < -0.4 is 15.0 Å². The molecule has 1 aliphatic rings. The Bertz CT molecular complexity index is 1290. The first-order valence-electron chi connectivity index (χ1n) is 15.5. The third kappa shape index (κ3) is 9.37. The van der Waals surface area contributed by atoms with Crippen molar-refractivity contribution in [2.24, 2.45) is 0 Å². The molecule has 0 amide bonds. The minimum atomic E-state index is 0.636. The first-order chi connectivity index (χ1) is 20.1. The molecule has 1 fully saturated rings. The Labute approximate surface area is 246 Å². The van der Waals surface area contributed by atoms with Crippen molar-refractivity contribution in [2.45, 2.75) is 60.8 Å². The average Bonchev–Trinajstić information content (AvgIpc) is 3.37. The number of para-hydroxylation sites is 1. The highest BCUT2D eigenvalue weighted by Gasteiger charge is 2.14. The molecule has 0 bridgehead atoms. The summed E-state index contributed by atoms with van der Waals surface area (Å²) in [6.45, 7) is 19.6. The molecule has 3 heterocycles. The van der Waals surface area contributed by atoms with Crippen LogP contribution in [0.3, 0.4) is 0 Å². The van der Waals surface area contributed by atoms with Crippen LogP contribution >= 0.6 is 0 Å². The zero-order valence-electron chi connectivity index (χ0n) is 26.0. The van der Waals surface area contributed by atoms with Gasteiger partial charge in [-0.15, -0.1) is 0 Å². The lowest BCUT2D eigenvalue weighted by Gasteiger charge is -2.27. The van der Waals surface area contributed by atoms with Crippen molar-refractivity contribution in [1.29, 1.82) is 0 Å². The number of rotatable bonds is 11. The summed E-state index contributed by atoms with van der Waals surface area (Å²) in [6.07, 6.45) is 3.38. The summed E-state index contributed by atoms with van der Waals surface area (Å²) in [4.78, 5) is 9.70. The van der Waals surface area contributed by atoms with Crippen molar-refractivity contribution in [3.8, 4) is 5.75 Å². The zero-order chi connectivity index (χ0) is 29.5. The molecule has 0 spiro atoms. The summed E-state index contributed by atoms with van der Waals surface area (Å²) < 4.78 is 17.7. The summed E-state index contributed by atoms with van der Waals surface area (Å²) >= 11 is 0. The van der Waals surface area contributed by atoms with E-state index in [2.05, 4.69) is 61.0 Å². The van der Waals surface area contributed by atoms with Gasteiger partial charge in [-0.25, -0.2) is 4.98 Å². The zero-order valence-corrected chi connectivity index (χ0v) is 26.0. The van der Waals surface area contributed by atoms with E-state index in [-0.39, 0.29) is 0 Å². The molecule has 0 aliphatic carbocycles. The fourth-order valence-corrected chi connectivity index (χ4v) is 4.75. The smallest absolute Gasteiger partial charge is 0.136 e. The van der Waals surface area contributed by atoms with Crippen LogP contribution in [0.1, 0.15) is 60.8 Å². The van der Waals surface area contributed by atoms with Crippen molar-refractivity contribution in [3.05, 3.63) is 54.6 Å². The number of pyridine rings is 1. The summed E-state index contributed by atoms with van der Waals surface area (Å²) in [5, 5.41) is 5.73. The van der Waals surface area contributed by atoms with E-state index in [0.29, 0.717) is 6.61 Å². The van der Waals surface area contributed by atoms with Gasteiger partial charge >= 0.3 is 0 Å². The number of nitrogens with one attached hydrogen (secondary N) is 1. The van der Waals surface area contributed by atoms with Crippen molar-refractivity contribution in [3.63, 3.8) is 0 Å². The fourth-order valence-electron chi connectivity index (χ4n) is 4.75. The predicted octanol–water partition coefficient (Wildman–Crippen LogP) is 8.50. The minimum Gasteiger partial charge on any atom is -0.492 e. The van der Waals surface area contributed by atoms with E-state index in [9.17, 15) is 0 Å². The maximum atomic E-state index is 6.25. The minimum absolute atomic E-state index is 0.636. The van der Waals surface area contributed by atoms with E-state index < -0.39 is 0 Å². The van der Waals surface area contributed by atoms with Gasteiger partial charge in [-0.3, -0.25) is 4.90 Å².